The van der Waals surface area contributed by atoms with Gasteiger partial charge in [-0.3, -0.25) is 4.79 Å². The highest BCUT2D eigenvalue weighted by molar-refractivity contribution is 7.09. The zero-order chi connectivity index (χ0) is 17.6. The molecular formula is C20H25NO3S. The van der Waals surface area contributed by atoms with E-state index in [-0.39, 0.29) is 12.0 Å². The Balaban J connectivity index is 1.66. The number of aryl methyl sites for hydroxylation is 1. The van der Waals surface area contributed by atoms with Gasteiger partial charge in [-0.2, -0.15) is 0 Å². The second-order valence-electron chi connectivity index (χ2n) is 6.51. The van der Waals surface area contributed by atoms with Crippen LogP contribution in [0.1, 0.15) is 30.2 Å². The average Bonchev–Trinajstić information content (AvgIpc) is 3.29. The minimum absolute atomic E-state index is 0.00414. The maximum atomic E-state index is 13.0. The van der Waals surface area contributed by atoms with Crippen LogP contribution in [-0.2, 0) is 16.1 Å². The summed E-state index contributed by atoms with van der Waals surface area (Å²) < 4.78 is 11.6. The topological polar surface area (TPSA) is 38.8 Å². The van der Waals surface area contributed by atoms with Gasteiger partial charge >= 0.3 is 0 Å². The van der Waals surface area contributed by atoms with Crippen molar-refractivity contribution >= 4 is 17.2 Å². The number of benzene rings is 1. The van der Waals surface area contributed by atoms with Crippen LogP contribution in [0.15, 0.2) is 41.8 Å². The molecule has 0 bridgehead atoms. The lowest BCUT2D eigenvalue weighted by molar-refractivity contribution is -0.140. The SMILES string of the molecule is Cc1ccc(OC(C)C(=O)N(Cc2cccs2)CC2CCCO2)cc1. The van der Waals surface area contributed by atoms with Crippen LogP contribution >= 0.6 is 11.3 Å². The second-order valence-corrected chi connectivity index (χ2v) is 7.54. The number of nitrogens with zero attached hydrogens (tertiary/aromatic N) is 1. The largest absolute Gasteiger partial charge is 0.481 e. The molecular weight excluding hydrogens is 334 g/mol. The summed E-state index contributed by atoms with van der Waals surface area (Å²) in [7, 11) is 0. The number of carbonyl (C=O) groups excluding carboxylic acids is 1. The van der Waals surface area contributed by atoms with E-state index in [0.29, 0.717) is 13.1 Å². The van der Waals surface area contributed by atoms with Gasteiger partial charge in [0.1, 0.15) is 5.75 Å². The van der Waals surface area contributed by atoms with Crippen molar-refractivity contribution in [2.24, 2.45) is 0 Å². The molecule has 0 spiro atoms. The van der Waals surface area contributed by atoms with Gasteiger partial charge in [-0.15, -0.1) is 11.3 Å². The zero-order valence-corrected chi connectivity index (χ0v) is 15.6. The van der Waals surface area contributed by atoms with Gasteiger partial charge < -0.3 is 14.4 Å². The minimum Gasteiger partial charge on any atom is -0.481 e. The molecule has 0 radical (unpaired) electrons. The van der Waals surface area contributed by atoms with Crippen LogP contribution in [0.3, 0.4) is 0 Å². The summed E-state index contributed by atoms with van der Waals surface area (Å²) in [5.41, 5.74) is 1.17. The molecule has 1 aliphatic rings. The maximum absolute atomic E-state index is 13.0. The molecule has 0 aliphatic carbocycles. The Bertz CT molecular complexity index is 663. The zero-order valence-electron chi connectivity index (χ0n) is 14.8. The normalized spacial score (nSPS) is 18.1. The molecule has 1 fully saturated rings. The standard InChI is InChI=1S/C20H25NO3S/c1-15-7-9-17(10-8-15)24-16(2)20(22)21(13-18-5-3-11-23-18)14-19-6-4-12-25-19/h4,6-10,12,16,18H,3,5,11,13-14H2,1-2H3. The molecule has 4 nitrogen and oxygen atoms in total. The van der Waals surface area contributed by atoms with E-state index in [1.165, 1.54) is 10.4 Å². The van der Waals surface area contributed by atoms with Crippen LogP contribution in [0.4, 0.5) is 0 Å². The van der Waals surface area contributed by atoms with Gasteiger partial charge in [0.05, 0.1) is 12.6 Å². The first kappa shape index (κ1) is 18.0. The lowest BCUT2D eigenvalue weighted by Gasteiger charge is -2.28. The summed E-state index contributed by atoms with van der Waals surface area (Å²) in [4.78, 5) is 16.0. The molecule has 5 heteroatoms. The van der Waals surface area contributed by atoms with Crippen LogP contribution in [0.2, 0.25) is 0 Å². The Kier molecular flexibility index (Phi) is 6.10. The third-order valence-electron chi connectivity index (χ3n) is 4.37. The molecule has 1 aliphatic heterocycles. The fourth-order valence-corrected chi connectivity index (χ4v) is 3.71. The van der Waals surface area contributed by atoms with Crippen molar-refractivity contribution in [1.82, 2.24) is 4.90 Å². The van der Waals surface area contributed by atoms with Gasteiger partial charge in [0, 0.05) is 18.0 Å². The minimum atomic E-state index is -0.524. The number of amides is 1. The van der Waals surface area contributed by atoms with E-state index in [9.17, 15) is 4.79 Å². The van der Waals surface area contributed by atoms with Gasteiger partial charge in [0.25, 0.3) is 5.91 Å². The monoisotopic (exact) mass is 359 g/mol. The molecule has 0 N–H and O–H groups in total. The Hall–Kier alpha value is -1.85. The molecule has 1 aromatic carbocycles. The predicted octanol–water partition coefficient (Wildman–Crippen LogP) is 4.03. The Morgan fingerprint density at radius 2 is 2.16 bits per heavy atom. The van der Waals surface area contributed by atoms with Gasteiger partial charge in [-0.25, -0.2) is 0 Å². The Labute approximate surface area is 153 Å². The highest BCUT2D eigenvalue weighted by atomic mass is 32.1. The summed E-state index contributed by atoms with van der Waals surface area (Å²) in [6.07, 6.45) is 1.70. The molecule has 2 aromatic rings. The van der Waals surface area contributed by atoms with Gasteiger partial charge in [-0.1, -0.05) is 23.8 Å². The number of hydrogen-bond acceptors (Lipinski definition) is 4. The highest BCUT2D eigenvalue weighted by Crippen LogP contribution is 2.20. The fraction of sp³-hybridized carbons (Fsp3) is 0.450. The summed E-state index contributed by atoms with van der Waals surface area (Å²) in [5, 5.41) is 2.04. The van der Waals surface area contributed by atoms with E-state index in [4.69, 9.17) is 9.47 Å². The van der Waals surface area contributed by atoms with Gasteiger partial charge in [-0.05, 0) is 50.3 Å². The van der Waals surface area contributed by atoms with Crippen molar-refractivity contribution in [3.63, 3.8) is 0 Å². The fourth-order valence-electron chi connectivity index (χ4n) is 2.99. The van der Waals surface area contributed by atoms with E-state index in [0.717, 1.165) is 25.2 Å². The first-order chi connectivity index (χ1) is 12.1. The lowest BCUT2D eigenvalue weighted by Crippen LogP contribution is -2.43. The van der Waals surface area contributed by atoms with Crippen LogP contribution in [0, 0.1) is 6.92 Å². The third kappa shape index (κ3) is 5.06. The molecule has 0 saturated carbocycles. The summed E-state index contributed by atoms with van der Waals surface area (Å²) in [6, 6.07) is 11.9. The van der Waals surface area contributed by atoms with Crippen molar-refractivity contribution in [1.29, 1.82) is 0 Å². The first-order valence-corrected chi connectivity index (χ1v) is 9.66. The van der Waals surface area contributed by atoms with Crippen LogP contribution in [0.5, 0.6) is 5.75 Å². The van der Waals surface area contributed by atoms with Crippen LogP contribution < -0.4 is 4.74 Å². The van der Waals surface area contributed by atoms with Crippen LogP contribution in [0.25, 0.3) is 0 Å². The smallest absolute Gasteiger partial charge is 0.263 e. The van der Waals surface area contributed by atoms with Gasteiger partial charge in [0.15, 0.2) is 6.10 Å². The summed E-state index contributed by atoms with van der Waals surface area (Å²) in [5.74, 6) is 0.726. The molecule has 25 heavy (non-hydrogen) atoms. The van der Waals surface area contributed by atoms with Crippen molar-refractivity contribution in [3.8, 4) is 5.75 Å². The molecule has 1 amide bonds. The van der Waals surface area contributed by atoms with Crippen LogP contribution in [-0.4, -0.2) is 36.2 Å². The average molecular weight is 359 g/mol. The molecule has 2 atom stereocenters. The first-order valence-electron chi connectivity index (χ1n) is 8.78. The van der Waals surface area contributed by atoms with E-state index in [2.05, 4.69) is 6.07 Å². The number of rotatable bonds is 7. The van der Waals surface area contributed by atoms with E-state index >= 15 is 0 Å². The van der Waals surface area contributed by atoms with E-state index in [1.807, 2.05) is 54.5 Å². The molecule has 2 heterocycles. The van der Waals surface area contributed by atoms with E-state index < -0.39 is 6.10 Å². The Morgan fingerprint density at radius 1 is 1.36 bits per heavy atom. The molecule has 1 saturated heterocycles. The lowest BCUT2D eigenvalue weighted by atomic mass is 10.2. The highest BCUT2D eigenvalue weighted by Gasteiger charge is 2.27. The van der Waals surface area contributed by atoms with Crippen molar-refractivity contribution in [2.45, 2.75) is 45.4 Å². The van der Waals surface area contributed by atoms with E-state index in [1.54, 1.807) is 11.3 Å². The number of thiophene rings is 1. The molecule has 1 aromatic heterocycles. The maximum Gasteiger partial charge on any atom is 0.263 e. The third-order valence-corrected chi connectivity index (χ3v) is 5.23. The predicted molar refractivity (Wildman–Crippen MR) is 100.0 cm³/mol. The number of ether oxygens (including phenoxy) is 2. The quantitative estimate of drug-likeness (QED) is 0.749. The molecule has 134 valence electrons. The summed E-state index contributed by atoms with van der Waals surface area (Å²) in [6.45, 7) is 5.87. The van der Waals surface area contributed by atoms with Gasteiger partial charge in [0.2, 0.25) is 0 Å². The number of carbonyl (C=O) groups is 1. The molecule has 2 unspecified atom stereocenters. The van der Waals surface area contributed by atoms with Crippen molar-refractivity contribution < 1.29 is 14.3 Å². The summed E-state index contributed by atoms with van der Waals surface area (Å²) >= 11 is 1.67. The molecule has 3 rings (SSSR count). The van der Waals surface area contributed by atoms with Crippen molar-refractivity contribution in [2.75, 3.05) is 13.2 Å². The number of hydrogen-bond donors (Lipinski definition) is 0. The Morgan fingerprint density at radius 3 is 2.80 bits per heavy atom. The second kappa shape index (κ2) is 8.50. The van der Waals surface area contributed by atoms with Crippen molar-refractivity contribution in [3.05, 3.63) is 52.2 Å².